The first-order valence-corrected chi connectivity index (χ1v) is 11.0. The van der Waals surface area contributed by atoms with E-state index < -0.39 is 0 Å². The van der Waals surface area contributed by atoms with E-state index in [1.807, 2.05) is 29.1 Å². The summed E-state index contributed by atoms with van der Waals surface area (Å²) in [5.74, 6) is -0.147. The van der Waals surface area contributed by atoms with Crippen LogP contribution in [0.1, 0.15) is 67.8 Å². The minimum Gasteiger partial charge on any atom is -0.346 e. The van der Waals surface area contributed by atoms with Gasteiger partial charge in [-0.25, -0.2) is 4.68 Å². The Hall–Kier alpha value is -3.48. The Morgan fingerprint density at radius 3 is 2.53 bits per heavy atom. The van der Waals surface area contributed by atoms with E-state index in [1.165, 1.54) is 5.56 Å². The molecule has 4 rings (SSSR count). The normalized spacial score (nSPS) is 11.9. The van der Waals surface area contributed by atoms with Gasteiger partial charge >= 0.3 is 0 Å². The molecule has 0 aliphatic carbocycles. The lowest BCUT2D eigenvalue weighted by Gasteiger charge is -2.19. The fourth-order valence-corrected chi connectivity index (χ4v) is 3.74. The molecule has 2 heterocycles. The maximum atomic E-state index is 12.8. The van der Waals surface area contributed by atoms with E-state index in [9.17, 15) is 4.79 Å². The summed E-state index contributed by atoms with van der Waals surface area (Å²) in [6, 6.07) is 14.5. The second kappa shape index (κ2) is 8.57. The van der Waals surface area contributed by atoms with Crippen LogP contribution in [0.25, 0.3) is 10.9 Å². The predicted octanol–water partition coefficient (Wildman–Crippen LogP) is 4.48. The number of rotatable bonds is 6. The number of aromatic nitrogens is 5. The molecule has 7 nitrogen and oxygen atoms in total. The fourth-order valence-electron chi connectivity index (χ4n) is 3.74. The highest BCUT2D eigenvalue weighted by atomic mass is 16.1. The summed E-state index contributed by atoms with van der Waals surface area (Å²) >= 11 is 0. The lowest BCUT2D eigenvalue weighted by Crippen LogP contribution is -2.23. The molecule has 0 bridgehead atoms. The van der Waals surface area contributed by atoms with E-state index >= 15 is 0 Å². The van der Waals surface area contributed by atoms with Gasteiger partial charge < -0.3 is 5.32 Å². The van der Waals surface area contributed by atoms with Gasteiger partial charge in [-0.2, -0.15) is 5.10 Å². The summed E-state index contributed by atoms with van der Waals surface area (Å²) < 4.78 is 3.71. The number of carbonyl (C=O) groups excluding carboxylic acids is 1. The molecule has 7 heteroatoms. The highest BCUT2D eigenvalue weighted by Crippen LogP contribution is 2.23. The molecular formula is C25H30N6O. The van der Waals surface area contributed by atoms with Crippen LogP contribution in [0.3, 0.4) is 0 Å². The quantitative estimate of drug-likeness (QED) is 0.489. The molecule has 166 valence electrons. The van der Waals surface area contributed by atoms with Crippen LogP contribution in [0.4, 0.5) is 0 Å². The summed E-state index contributed by atoms with van der Waals surface area (Å²) in [6.07, 6.45) is 3.63. The molecule has 0 saturated carbocycles. The van der Waals surface area contributed by atoms with E-state index in [0.29, 0.717) is 18.7 Å². The Labute approximate surface area is 188 Å². The second-order valence-electron chi connectivity index (χ2n) is 9.46. The van der Waals surface area contributed by atoms with Crippen molar-refractivity contribution >= 4 is 16.8 Å². The van der Waals surface area contributed by atoms with Crippen molar-refractivity contribution in [1.29, 1.82) is 0 Å². The van der Waals surface area contributed by atoms with Crippen LogP contribution in [0.5, 0.6) is 0 Å². The molecule has 0 aliphatic heterocycles. The van der Waals surface area contributed by atoms with Crippen LogP contribution in [0.2, 0.25) is 0 Å². The Morgan fingerprint density at radius 1 is 1.09 bits per heavy atom. The Balaban J connectivity index is 1.40. The van der Waals surface area contributed by atoms with Gasteiger partial charge in [0.1, 0.15) is 5.69 Å². The zero-order valence-corrected chi connectivity index (χ0v) is 19.3. The van der Waals surface area contributed by atoms with Crippen molar-refractivity contribution in [3.8, 4) is 0 Å². The number of carbonyl (C=O) groups is 1. The van der Waals surface area contributed by atoms with E-state index in [1.54, 1.807) is 10.9 Å². The number of hydrogen-bond acceptors (Lipinski definition) is 4. The first-order chi connectivity index (χ1) is 15.2. The van der Waals surface area contributed by atoms with Gasteiger partial charge in [0.15, 0.2) is 0 Å². The van der Waals surface area contributed by atoms with Gasteiger partial charge in [-0.1, -0.05) is 56.3 Å². The summed E-state index contributed by atoms with van der Waals surface area (Å²) in [4.78, 5) is 12.8. The number of nitrogens with zero attached hydrogens (tertiary/aromatic N) is 5. The lowest BCUT2D eigenvalue weighted by molar-refractivity contribution is 0.0952. The number of nitrogens with one attached hydrogen (secondary N) is 1. The first kappa shape index (κ1) is 21.7. The Bertz CT molecular complexity index is 1230. The van der Waals surface area contributed by atoms with Gasteiger partial charge in [0.05, 0.1) is 36.6 Å². The van der Waals surface area contributed by atoms with Crippen molar-refractivity contribution in [2.24, 2.45) is 0 Å². The highest BCUT2D eigenvalue weighted by Gasteiger charge is 2.15. The zero-order valence-electron chi connectivity index (χ0n) is 19.3. The van der Waals surface area contributed by atoms with Gasteiger partial charge in [-0.15, -0.1) is 5.10 Å². The molecular weight excluding hydrogens is 400 g/mol. The van der Waals surface area contributed by atoms with Crippen molar-refractivity contribution in [3.63, 3.8) is 0 Å². The van der Waals surface area contributed by atoms with Gasteiger partial charge in [0, 0.05) is 11.4 Å². The summed E-state index contributed by atoms with van der Waals surface area (Å²) in [5.41, 5.74) is 4.88. The standard InChI is InChI=1S/C25H30N6O/c1-17(2)31-23-8-6-7-21(22(23)14-27-31)24(32)26-13-20-16-30(29-28-20)15-18-9-11-19(12-10-18)25(3,4)5/h6-12,14,16-17H,13,15H2,1-5H3,(H,26,32). The van der Waals surface area contributed by atoms with E-state index in [2.05, 4.69) is 79.6 Å². The molecule has 0 spiro atoms. The lowest BCUT2D eigenvalue weighted by atomic mass is 9.87. The number of hydrogen-bond donors (Lipinski definition) is 1. The second-order valence-corrected chi connectivity index (χ2v) is 9.46. The molecule has 2 aromatic heterocycles. The van der Waals surface area contributed by atoms with Gasteiger partial charge in [0.2, 0.25) is 0 Å². The van der Waals surface area contributed by atoms with Crippen molar-refractivity contribution in [1.82, 2.24) is 30.1 Å². The summed E-state index contributed by atoms with van der Waals surface area (Å²) in [6.45, 7) is 11.7. The third-order valence-corrected chi connectivity index (χ3v) is 5.56. The zero-order chi connectivity index (χ0) is 22.9. The van der Waals surface area contributed by atoms with Crippen LogP contribution in [-0.2, 0) is 18.5 Å². The molecule has 0 radical (unpaired) electrons. The van der Waals surface area contributed by atoms with Gasteiger partial charge in [-0.05, 0) is 42.5 Å². The SMILES string of the molecule is CC(C)n1ncc2c(C(=O)NCc3cn(Cc4ccc(C(C)(C)C)cc4)nn3)cccc21. The molecule has 0 saturated heterocycles. The number of amides is 1. The molecule has 0 atom stereocenters. The molecule has 0 aliphatic rings. The number of benzene rings is 2. The van der Waals surface area contributed by atoms with Crippen molar-refractivity contribution in [3.05, 3.63) is 77.2 Å². The van der Waals surface area contributed by atoms with Crippen molar-refractivity contribution in [2.45, 2.75) is 59.2 Å². The summed E-state index contributed by atoms with van der Waals surface area (Å²) in [7, 11) is 0. The van der Waals surface area contributed by atoms with E-state index in [-0.39, 0.29) is 17.4 Å². The van der Waals surface area contributed by atoms with Gasteiger partial charge in [0.25, 0.3) is 5.91 Å². The number of fused-ring (bicyclic) bond motifs is 1. The topological polar surface area (TPSA) is 77.6 Å². The Morgan fingerprint density at radius 2 is 1.84 bits per heavy atom. The van der Waals surface area contributed by atoms with E-state index in [0.717, 1.165) is 22.2 Å². The van der Waals surface area contributed by atoms with E-state index in [4.69, 9.17) is 0 Å². The van der Waals surface area contributed by atoms with Crippen LogP contribution < -0.4 is 5.32 Å². The smallest absolute Gasteiger partial charge is 0.252 e. The molecule has 1 N–H and O–H groups in total. The van der Waals surface area contributed by atoms with Crippen LogP contribution >= 0.6 is 0 Å². The van der Waals surface area contributed by atoms with Crippen LogP contribution in [-0.4, -0.2) is 30.7 Å². The maximum Gasteiger partial charge on any atom is 0.252 e. The summed E-state index contributed by atoms with van der Waals surface area (Å²) in [5, 5.41) is 16.6. The minimum absolute atomic E-state index is 0.134. The molecule has 2 aromatic carbocycles. The third kappa shape index (κ3) is 4.56. The van der Waals surface area contributed by atoms with Crippen molar-refractivity contribution < 1.29 is 4.79 Å². The molecule has 0 fully saturated rings. The minimum atomic E-state index is -0.147. The van der Waals surface area contributed by atoms with Crippen LogP contribution in [0.15, 0.2) is 54.9 Å². The molecule has 0 unspecified atom stereocenters. The molecule has 4 aromatic rings. The predicted molar refractivity (Wildman–Crippen MR) is 126 cm³/mol. The largest absolute Gasteiger partial charge is 0.346 e. The molecule has 32 heavy (non-hydrogen) atoms. The Kier molecular flexibility index (Phi) is 5.82. The maximum absolute atomic E-state index is 12.8. The molecule has 1 amide bonds. The van der Waals surface area contributed by atoms with Crippen LogP contribution in [0, 0.1) is 0 Å². The van der Waals surface area contributed by atoms with Gasteiger partial charge in [-0.3, -0.25) is 9.48 Å². The van der Waals surface area contributed by atoms with Crippen molar-refractivity contribution in [2.75, 3.05) is 0 Å². The average Bonchev–Trinajstić information content (AvgIpc) is 3.38. The highest BCUT2D eigenvalue weighted by molar-refractivity contribution is 6.06. The fraction of sp³-hybridized carbons (Fsp3) is 0.360. The monoisotopic (exact) mass is 430 g/mol. The first-order valence-electron chi connectivity index (χ1n) is 11.0. The average molecular weight is 431 g/mol. The third-order valence-electron chi connectivity index (χ3n) is 5.56.